The third-order valence-electron chi connectivity index (χ3n) is 6.59. The van der Waals surface area contributed by atoms with Gasteiger partial charge < -0.3 is 28.4 Å². The van der Waals surface area contributed by atoms with Crippen LogP contribution in [0.2, 0.25) is 0 Å². The van der Waals surface area contributed by atoms with E-state index in [0.29, 0.717) is 17.4 Å². The van der Waals surface area contributed by atoms with Crippen LogP contribution < -0.4 is 4.74 Å². The summed E-state index contributed by atoms with van der Waals surface area (Å²) >= 11 is 1.41. The van der Waals surface area contributed by atoms with Crippen molar-refractivity contribution in [1.82, 2.24) is 4.98 Å². The monoisotopic (exact) mass is 547 g/mol. The van der Waals surface area contributed by atoms with Gasteiger partial charge in [0.1, 0.15) is 24.9 Å². The summed E-state index contributed by atoms with van der Waals surface area (Å²) in [5.74, 6) is -1.28. The van der Waals surface area contributed by atoms with Gasteiger partial charge in [0, 0.05) is 0 Å². The van der Waals surface area contributed by atoms with Crippen molar-refractivity contribution in [3.05, 3.63) is 96.1 Å². The largest absolute Gasteiger partial charge is 0.460 e. The first-order valence-electron chi connectivity index (χ1n) is 12.9. The van der Waals surface area contributed by atoms with E-state index >= 15 is 0 Å². The maximum Gasteiger partial charge on any atom is 0.338 e. The number of esters is 1. The zero-order chi connectivity index (χ0) is 26.8. The predicted molar refractivity (Wildman–Crippen MR) is 144 cm³/mol. The summed E-state index contributed by atoms with van der Waals surface area (Å²) in [4.78, 5) is 17.4. The van der Waals surface area contributed by atoms with Gasteiger partial charge in [0.05, 0.1) is 22.4 Å². The Balaban J connectivity index is 1.27. The fourth-order valence-electron chi connectivity index (χ4n) is 4.80. The van der Waals surface area contributed by atoms with Crippen LogP contribution in [0.5, 0.6) is 5.19 Å². The Hall–Kier alpha value is -3.34. The minimum atomic E-state index is -0.822. The molecule has 2 fully saturated rings. The van der Waals surface area contributed by atoms with E-state index in [2.05, 4.69) is 4.98 Å². The van der Waals surface area contributed by atoms with Crippen molar-refractivity contribution >= 4 is 27.5 Å². The molecule has 202 valence electrons. The Labute approximate surface area is 230 Å². The van der Waals surface area contributed by atoms with E-state index in [-0.39, 0.29) is 6.61 Å². The maximum absolute atomic E-state index is 12.8. The summed E-state index contributed by atoms with van der Waals surface area (Å²) < 4.78 is 38.1. The normalized spacial score (nSPS) is 24.4. The molecule has 1 unspecified atom stereocenters. The molecule has 3 aromatic carbocycles. The minimum Gasteiger partial charge on any atom is -0.460 e. The number of carbonyl (C=O) groups is 1. The summed E-state index contributed by atoms with van der Waals surface area (Å²) in [6.07, 6.45) is -3.08. The van der Waals surface area contributed by atoms with Gasteiger partial charge >= 0.3 is 5.97 Å². The number of carbonyl (C=O) groups excluding carboxylic acids is 1. The average molecular weight is 548 g/mol. The zero-order valence-electron chi connectivity index (χ0n) is 21.6. The lowest BCUT2D eigenvalue weighted by Gasteiger charge is -2.30. The highest BCUT2D eigenvalue weighted by molar-refractivity contribution is 7.20. The minimum absolute atomic E-state index is 0.0810. The number of benzene rings is 3. The fraction of sp³-hybridized carbons (Fsp3) is 0.333. The molecule has 6 rings (SSSR count). The van der Waals surface area contributed by atoms with Crippen LogP contribution >= 0.6 is 11.3 Å². The fourth-order valence-corrected chi connectivity index (χ4v) is 5.67. The molecule has 1 aromatic heterocycles. The molecule has 0 aliphatic carbocycles. The summed E-state index contributed by atoms with van der Waals surface area (Å²) in [6, 6.07) is 26.5. The van der Waals surface area contributed by atoms with Gasteiger partial charge in [-0.1, -0.05) is 72.0 Å². The molecule has 5 atom stereocenters. The molecule has 0 bridgehead atoms. The molecule has 0 N–H and O–H groups in total. The maximum atomic E-state index is 12.8. The molecule has 0 radical (unpaired) electrons. The summed E-state index contributed by atoms with van der Waals surface area (Å²) in [5.41, 5.74) is 2.29. The Bertz CT molecular complexity index is 1380. The molecule has 2 aliphatic rings. The number of ether oxygens (including phenoxy) is 6. The van der Waals surface area contributed by atoms with Gasteiger partial charge in [0.2, 0.25) is 0 Å². The Morgan fingerprint density at radius 3 is 2.46 bits per heavy atom. The summed E-state index contributed by atoms with van der Waals surface area (Å²) in [7, 11) is 0. The second-order valence-electron chi connectivity index (χ2n) is 9.90. The summed E-state index contributed by atoms with van der Waals surface area (Å²) in [6.45, 7) is 3.95. The van der Waals surface area contributed by atoms with Gasteiger partial charge in [0.15, 0.2) is 18.2 Å². The standard InChI is InChI=1S/C30H29NO7S/c1-30(2)37-26-25(33-17-19-11-5-3-6-12-19)24(36-28(26)38-30)22(18-34-27(32)20-13-7-4-8-14-20)35-29-31-21-15-9-10-16-23(21)39-29/h3-16,22,24-26,28H,17-18H2,1-2H3/t22?,24-,25+,26-,28-/m1/s1. The zero-order valence-corrected chi connectivity index (χ0v) is 22.4. The van der Waals surface area contributed by atoms with Crippen molar-refractivity contribution < 1.29 is 33.2 Å². The molecule has 2 aliphatic heterocycles. The Kier molecular flexibility index (Phi) is 7.33. The van der Waals surface area contributed by atoms with Crippen LogP contribution in [0.15, 0.2) is 84.9 Å². The second-order valence-corrected chi connectivity index (χ2v) is 10.9. The molecule has 0 amide bonds. The third-order valence-corrected chi connectivity index (χ3v) is 7.52. The molecule has 39 heavy (non-hydrogen) atoms. The van der Waals surface area contributed by atoms with Crippen molar-refractivity contribution in [3.63, 3.8) is 0 Å². The van der Waals surface area contributed by atoms with Crippen molar-refractivity contribution in [2.45, 2.75) is 56.9 Å². The molecule has 2 saturated heterocycles. The average Bonchev–Trinajstić information content (AvgIpc) is 3.59. The van der Waals surface area contributed by atoms with Gasteiger partial charge in [-0.2, -0.15) is 0 Å². The molecule has 4 aromatic rings. The van der Waals surface area contributed by atoms with Crippen molar-refractivity contribution in [3.8, 4) is 5.19 Å². The predicted octanol–water partition coefficient (Wildman–Crippen LogP) is 5.36. The van der Waals surface area contributed by atoms with E-state index in [9.17, 15) is 4.79 Å². The number of aromatic nitrogens is 1. The highest BCUT2D eigenvalue weighted by Gasteiger charge is 2.58. The molecule has 9 heteroatoms. The van der Waals surface area contributed by atoms with Crippen molar-refractivity contribution in [2.75, 3.05) is 6.61 Å². The smallest absolute Gasteiger partial charge is 0.338 e. The number of hydrogen-bond donors (Lipinski definition) is 0. The number of nitrogens with zero attached hydrogens (tertiary/aromatic N) is 1. The number of hydrogen-bond acceptors (Lipinski definition) is 9. The molecule has 3 heterocycles. The van der Waals surface area contributed by atoms with Crippen LogP contribution in [-0.4, -0.2) is 54.1 Å². The molecule has 8 nitrogen and oxygen atoms in total. The van der Waals surface area contributed by atoms with Crippen LogP contribution in [0.3, 0.4) is 0 Å². The molecule has 0 spiro atoms. The third kappa shape index (κ3) is 5.83. The molecule has 0 saturated carbocycles. The van der Waals surface area contributed by atoms with Crippen molar-refractivity contribution in [2.24, 2.45) is 0 Å². The first kappa shape index (κ1) is 25.9. The van der Waals surface area contributed by atoms with Crippen molar-refractivity contribution in [1.29, 1.82) is 0 Å². The second kappa shape index (κ2) is 11.0. The summed E-state index contributed by atoms with van der Waals surface area (Å²) in [5, 5.41) is 0.446. The van der Waals surface area contributed by atoms with Crippen LogP contribution in [0.4, 0.5) is 0 Å². The lowest BCUT2D eigenvalue weighted by atomic mass is 10.1. The quantitative estimate of drug-likeness (QED) is 0.259. The van der Waals surface area contributed by atoms with Crippen LogP contribution in [-0.2, 0) is 30.3 Å². The molecular formula is C30H29NO7S. The highest BCUT2D eigenvalue weighted by atomic mass is 32.1. The van der Waals surface area contributed by atoms with Crippen LogP contribution in [0, 0.1) is 0 Å². The topological polar surface area (TPSA) is 85.3 Å². The van der Waals surface area contributed by atoms with Crippen LogP contribution in [0.1, 0.15) is 29.8 Å². The van der Waals surface area contributed by atoms with Gasteiger partial charge in [-0.3, -0.25) is 0 Å². The Morgan fingerprint density at radius 2 is 1.69 bits per heavy atom. The lowest BCUT2D eigenvalue weighted by Crippen LogP contribution is -2.47. The van der Waals surface area contributed by atoms with E-state index < -0.39 is 42.5 Å². The number of rotatable bonds is 9. The van der Waals surface area contributed by atoms with E-state index in [1.54, 1.807) is 24.3 Å². The highest BCUT2D eigenvalue weighted by Crippen LogP contribution is 2.41. The van der Waals surface area contributed by atoms with E-state index in [4.69, 9.17) is 28.4 Å². The van der Waals surface area contributed by atoms with Gasteiger partial charge in [0.25, 0.3) is 5.19 Å². The first-order chi connectivity index (χ1) is 18.9. The SMILES string of the molecule is CC1(C)O[C@H]2O[C@H](C(COC(=O)c3ccccc3)Oc3nc4ccccc4s3)[C@H](OCc3ccccc3)[C@H]2O1. The van der Waals surface area contributed by atoms with E-state index in [1.807, 2.05) is 74.5 Å². The van der Waals surface area contributed by atoms with Gasteiger partial charge in [-0.15, -0.1) is 0 Å². The lowest BCUT2D eigenvalue weighted by molar-refractivity contribution is -0.230. The van der Waals surface area contributed by atoms with E-state index in [0.717, 1.165) is 15.8 Å². The Morgan fingerprint density at radius 1 is 0.974 bits per heavy atom. The first-order valence-corrected chi connectivity index (χ1v) is 13.7. The number of fused-ring (bicyclic) bond motifs is 2. The van der Waals surface area contributed by atoms with Crippen LogP contribution in [0.25, 0.3) is 10.2 Å². The number of thiazole rings is 1. The van der Waals surface area contributed by atoms with E-state index in [1.165, 1.54) is 11.3 Å². The molecular weight excluding hydrogens is 518 g/mol. The van der Waals surface area contributed by atoms with Gasteiger partial charge in [-0.05, 0) is 43.7 Å². The van der Waals surface area contributed by atoms with Gasteiger partial charge in [-0.25, -0.2) is 9.78 Å². The number of para-hydroxylation sites is 1.